The summed E-state index contributed by atoms with van der Waals surface area (Å²) in [6.07, 6.45) is 1.80. The minimum atomic E-state index is 0.0758. The van der Waals surface area contributed by atoms with Gasteiger partial charge in [-0.05, 0) is 26.1 Å². The number of nitrogens with zero attached hydrogens (tertiary/aromatic N) is 4. The first-order valence-corrected chi connectivity index (χ1v) is 7.20. The van der Waals surface area contributed by atoms with E-state index >= 15 is 0 Å². The van der Waals surface area contributed by atoms with Crippen molar-refractivity contribution < 1.29 is 4.74 Å². The second kappa shape index (κ2) is 7.02. The molecule has 0 saturated carbocycles. The van der Waals surface area contributed by atoms with Crippen LogP contribution in [-0.4, -0.2) is 40.4 Å². The van der Waals surface area contributed by atoms with E-state index in [0.29, 0.717) is 18.3 Å². The van der Waals surface area contributed by atoms with Gasteiger partial charge in [0.1, 0.15) is 5.15 Å². The van der Waals surface area contributed by atoms with Crippen LogP contribution in [0.25, 0.3) is 0 Å². The number of halogens is 1. The zero-order valence-electron chi connectivity index (χ0n) is 12.9. The summed E-state index contributed by atoms with van der Waals surface area (Å²) < 4.78 is 7.05. The van der Waals surface area contributed by atoms with E-state index < -0.39 is 0 Å². The summed E-state index contributed by atoms with van der Waals surface area (Å²) >= 11 is 6.31. The number of rotatable bonds is 6. The van der Waals surface area contributed by atoms with Crippen molar-refractivity contribution in [1.29, 1.82) is 0 Å². The number of aryl methyl sites for hydroxylation is 2. The maximum atomic E-state index is 6.31. The standard InChI is InChI=1S/C15H21ClN4O/c1-11-12(15(16)20(3)18-11)9-19(2)14(10-21-4)13-7-5-6-8-17-13/h5-8,14H,9-10H2,1-4H3. The highest BCUT2D eigenvalue weighted by molar-refractivity contribution is 6.30. The summed E-state index contributed by atoms with van der Waals surface area (Å²) in [6.45, 7) is 3.24. The quantitative estimate of drug-likeness (QED) is 0.823. The normalized spacial score (nSPS) is 12.9. The number of pyridine rings is 1. The number of hydrogen-bond donors (Lipinski definition) is 0. The molecule has 2 aromatic heterocycles. The predicted molar refractivity (Wildman–Crippen MR) is 83.3 cm³/mol. The van der Waals surface area contributed by atoms with Gasteiger partial charge in [-0.15, -0.1) is 0 Å². The van der Waals surface area contributed by atoms with E-state index in [4.69, 9.17) is 16.3 Å². The van der Waals surface area contributed by atoms with Gasteiger partial charge >= 0.3 is 0 Å². The topological polar surface area (TPSA) is 43.2 Å². The summed E-state index contributed by atoms with van der Waals surface area (Å²) in [5.74, 6) is 0. The van der Waals surface area contributed by atoms with Crippen LogP contribution in [0.4, 0.5) is 0 Å². The monoisotopic (exact) mass is 308 g/mol. The Labute approximate surface area is 130 Å². The van der Waals surface area contributed by atoms with E-state index in [2.05, 4.69) is 15.0 Å². The zero-order chi connectivity index (χ0) is 15.4. The van der Waals surface area contributed by atoms with Gasteiger partial charge in [-0.25, -0.2) is 0 Å². The molecular formula is C15H21ClN4O. The number of ether oxygens (including phenoxy) is 1. The molecule has 0 aliphatic rings. The molecule has 0 radical (unpaired) electrons. The molecule has 1 unspecified atom stereocenters. The maximum Gasteiger partial charge on any atom is 0.131 e. The third-order valence-corrected chi connectivity index (χ3v) is 4.04. The molecule has 0 spiro atoms. The van der Waals surface area contributed by atoms with Crippen LogP contribution < -0.4 is 0 Å². The van der Waals surface area contributed by atoms with Crippen molar-refractivity contribution in [2.24, 2.45) is 7.05 Å². The molecule has 0 aromatic carbocycles. The SMILES string of the molecule is COCC(c1ccccn1)N(C)Cc1c(C)nn(C)c1Cl. The molecule has 21 heavy (non-hydrogen) atoms. The molecule has 1 atom stereocenters. The Morgan fingerprint density at radius 1 is 1.43 bits per heavy atom. The van der Waals surface area contributed by atoms with Gasteiger partial charge in [0, 0.05) is 32.5 Å². The van der Waals surface area contributed by atoms with Crippen LogP contribution in [0.3, 0.4) is 0 Å². The lowest BCUT2D eigenvalue weighted by Crippen LogP contribution is -2.28. The van der Waals surface area contributed by atoms with Gasteiger partial charge in [0.2, 0.25) is 0 Å². The van der Waals surface area contributed by atoms with Crippen molar-refractivity contribution in [1.82, 2.24) is 19.7 Å². The highest BCUT2D eigenvalue weighted by Crippen LogP contribution is 2.25. The van der Waals surface area contributed by atoms with Crippen molar-refractivity contribution in [2.75, 3.05) is 20.8 Å². The van der Waals surface area contributed by atoms with Gasteiger partial charge in [-0.3, -0.25) is 14.6 Å². The van der Waals surface area contributed by atoms with E-state index in [0.717, 1.165) is 17.0 Å². The molecule has 2 heterocycles. The van der Waals surface area contributed by atoms with E-state index in [9.17, 15) is 0 Å². The van der Waals surface area contributed by atoms with E-state index in [1.807, 2.05) is 39.2 Å². The number of methoxy groups -OCH3 is 1. The fraction of sp³-hybridized carbons (Fsp3) is 0.467. The first-order chi connectivity index (χ1) is 10.0. The fourth-order valence-electron chi connectivity index (χ4n) is 2.38. The molecule has 6 heteroatoms. The highest BCUT2D eigenvalue weighted by Gasteiger charge is 2.21. The molecule has 2 aromatic rings. The van der Waals surface area contributed by atoms with E-state index in [1.54, 1.807) is 18.0 Å². The largest absolute Gasteiger partial charge is 0.383 e. The Kier molecular flexibility index (Phi) is 5.33. The molecule has 5 nitrogen and oxygen atoms in total. The maximum absolute atomic E-state index is 6.31. The molecule has 2 rings (SSSR count). The van der Waals surface area contributed by atoms with Crippen LogP contribution >= 0.6 is 11.6 Å². The van der Waals surface area contributed by atoms with Gasteiger partial charge < -0.3 is 4.74 Å². The van der Waals surface area contributed by atoms with Crippen molar-refractivity contribution >= 4 is 11.6 Å². The van der Waals surface area contributed by atoms with Crippen LogP contribution in [0.1, 0.15) is 23.0 Å². The summed E-state index contributed by atoms with van der Waals surface area (Å²) in [5.41, 5.74) is 2.98. The lowest BCUT2D eigenvalue weighted by Gasteiger charge is -2.27. The second-order valence-electron chi connectivity index (χ2n) is 5.12. The lowest BCUT2D eigenvalue weighted by atomic mass is 10.1. The number of likely N-dealkylation sites (N-methyl/N-ethyl adjacent to an activating group) is 1. The van der Waals surface area contributed by atoms with Gasteiger partial charge in [0.15, 0.2) is 0 Å². The van der Waals surface area contributed by atoms with Gasteiger partial charge in [-0.2, -0.15) is 5.10 Å². The fourth-order valence-corrected chi connectivity index (χ4v) is 2.62. The number of aromatic nitrogens is 3. The first-order valence-electron chi connectivity index (χ1n) is 6.82. The summed E-state index contributed by atoms with van der Waals surface area (Å²) in [6, 6.07) is 5.99. The van der Waals surface area contributed by atoms with Crippen LogP contribution in [0.5, 0.6) is 0 Å². The Balaban J connectivity index is 2.21. The Bertz CT molecular complexity index is 585. The Morgan fingerprint density at radius 3 is 2.71 bits per heavy atom. The smallest absolute Gasteiger partial charge is 0.131 e. The Morgan fingerprint density at radius 2 is 2.19 bits per heavy atom. The van der Waals surface area contributed by atoms with Crippen LogP contribution in [0, 0.1) is 6.92 Å². The molecular weight excluding hydrogens is 288 g/mol. The van der Waals surface area contributed by atoms with Crippen molar-refractivity contribution in [2.45, 2.75) is 19.5 Å². The van der Waals surface area contributed by atoms with Gasteiger partial charge in [-0.1, -0.05) is 17.7 Å². The predicted octanol–water partition coefficient (Wildman–Crippen LogP) is 2.60. The summed E-state index contributed by atoms with van der Waals surface area (Å²) in [5, 5.41) is 5.03. The van der Waals surface area contributed by atoms with Crippen molar-refractivity contribution in [3.05, 3.63) is 46.5 Å². The van der Waals surface area contributed by atoms with Crippen LogP contribution in [0.2, 0.25) is 5.15 Å². The molecule has 0 aliphatic heterocycles. The number of hydrogen-bond acceptors (Lipinski definition) is 4. The molecule has 0 bridgehead atoms. The first kappa shape index (κ1) is 15.9. The van der Waals surface area contributed by atoms with Crippen LogP contribution in [0.15, 0.2) is 24.4 Å². The van der Waals surface area contributed by atoms with Crippen LogP contribution in [-0.2, 0) is 18.3 Å². The average Bonchev–Trinajstić information content (AvgIpc) is 2.72. The van der Waals surface area contributed by atoms with Gasteiger partial charge in [0.05, 0.1) is 24.0 Å². The third-order valence-electron chi connectivity index (χ3n) is 3.56. The molecule has 0 aliphatic carbocycles. The van der Waals surface area contributed by atoms with Crippen molar-refractivity contribution in [3.63, 3.8) is 0 Å². The summed E-state index contributed by atoms with van der Waals surface area (Å²) in [4.78, 5) is 6.62. The molecule has 0 amide bonds. The Hall–Kier alpha value is -1.43. The lowest BCUT2D eigenvalue weighted by molar-refractivity contribution is 0.0999. The van der Waals surface area contributed by atoms with Gasteiger partial charge in [0.25, 0.3) is 0 Å². The van der Waals surface area contributed by atoms with Crippen molar-refractivity contribution in [3.8, 4) is 0 Å². The van der Waals surface area contributed by atoms with E-state index in [1.165, 1.54) is 0 Å². The highest BCUT2D eigenvalue weighted by atomic mass is 35.5. The molecule has 114 valence electrons. The second-order valence-corrected chi connectivity index (χ2v) is 5.48. The molecule has 0 fully saturated rings. The van der Waals surface area contributed by atoms with E-state index in [-0.39, 0.29) is 6.04 Å². The minimum absolute atomic E-state index is 0.0758. The third kappa shape index (κ3) is 3.61. The molecule has 0 N–H and O–H groups in total. The molecule has 0 saturated heterocycles. The average molecular weight is 309 g/mol. The summed E-state index contributed by atoms with van der Waals surface area (Å²) in [7, 11) is 5.59. The minimum Gasteiger partial charge on any atom is -0.383 e. The zero-order valence-corrected chi connectivity index (χ0v) is 13.6.